The van der Waals surface area contributed by atoms with Crippen molar-refractivity contribution in [2.45, 2.75) is 31.5 Å². The van der Waals surface area contributed by atoms with E-state index in [2.05, 4.69) is 17.2 Å². The molecular weight excluding hydrogens is 384 g/mol. The minimum Gasteiger partial charge on any atom is -0.488 e. The second-order valence-corrected chi connectivity index (χ2v) is 7.37. The van der Waals surface area contributed by atoms with Crippen LogP contribution in [0.15, 0.2) is 42.5 Å². The Kier molecular flexibility index (Phi) is 4.40. The predicted octanol–water partition coefficient (Wildman–Crippen LogP) is 1.64. The third-order valence-corrected chi connectivity index (χ3v) is 5.45. The minimum atomic E-state index is -0.653. The van der Waals surface area contributed by atoms with Crippen LogP contribution in [-0.4, -0.2) is 41.4 Å². The lowest BCUT2D eigenvalue weighted by Crippen LogP contribution is -2.52. The van der Waals surface area contributed by atoms with E-state index in [1.54, 1.807) is 18.2 Å². The summed E-state index contributed by atoms with van der Waals surface area (Å²) in [7, 11) is 0. The molecule has 3 aliphatic rings. The highest BCUT2D eigenvalue weighted by atomic mass is 16.5. The van der Waals surface area contributed by atoms with Crippen molar-refractivity contribution in [2.24, 2.45) is 0 Å². The number of nitrogens with one attached hydrogen (secondary N) is 1. The van der Waals surface area contributed by atoms with Gasteiger partial charge in [-0.1, -0.05) is 24.1 Å². The van der Waals surface area contributed by atoms with E-state index in [0.29, 0.717) is 17.7 Å². The van der Waals surface area contributed by atoms with E-state index in [0.717, 1.165) is 16.9 Å². The molecule has 0 aromatic heterocycles. The lowest BCUT2D eigenvalue weighted by atomic mass is 10.0. The van der Waals surface area contributed by atoms with E-state index in [-0.39, 0.29) is 31.4 Å². The Balaban J connectivity index is 1.31. The molecule has 1 fully saturated rings. The molecule has 7 heteroatoms. The molecule has 1 N–H and O–H groups in total. The van der Waals surface area contributed by atoms with Crippen LogP contribution in [-0.2, 0) is 16.1 Å². The van der Waals surface area contributed by atoms with E-state index >= 15 is 0 Å². The average Bonchev–Trinajstić information content (AvgIpc) is 3.09. The summed E-state index contributed by atoms with van der Waals surface area (Å²) in [6.07, 6.45) is 0.129. The summed E-state index contributed by atoms with van der Waals surface area (Å²) in [5.74, 6) is 6.44. The quantitative estimate of drug-likeness (QED) is 0.621. The van der Waals surface area contributed by atoms with Crippen LogP contribution in [0.1, 0.15) is 34.3 Å². The van der Waals surface area contributed by atoms with Crippen LogP contribution >= 0.6 is 0 Å². The maximum Gasteiger partial charge on any atom is 0.255 e. The van der Waals surface area contributed by atoms with Crippen LogP contribution in [0.2, 0.25) is 0 Å². The van der Waals surface area contributed by atoms with Crippen molar-refractivity contribution in [1.29, 1.82) is 0 Å². The van der Waals surface area contributed by atoms with Gasteiger partial charge in [0.2, 0.25) is 11.8 Å². The monoisotopic (exact) mass is 402 g/mol. The molecule has 7 nitrogen and oxygen atoms in total. The zero-order valence-corrected chi connectivity index (χ0v) is 16.0. The molecule has 3 aliphatic heterocycles. The fourth-order valence-corrected chi connectivity index (χ4v) is 3.95. The van der Waals surface area contributed by atoms with E-state index in [1.165, 1.54) is 4.90 Å². The number of para-hydroxylation sites is 1. The van der Waals surface area contributed by atoms with Crippen molar-refractivity contribution in [3.8, 4) is 23.3 Å². The zero-order chi connectivity index (χ0) is 20.7. The number of piperidine rings is 1. The molecule has 0 bridgehead atoms. The van der Waals surface area contributed by atoms with E-state index in [9.17, 15) is 14.4 Å². The molecule has 0 spiro atoms. The van der Waals surface area contributed by atoms with Gasteiger partial charge in [0, 0.05) is 17.5 Å². The molecule has 2 aromatic rings. The first kappa shape index (κ1) is 18.3. The van der Waals surface area contributed by atoms with E-state index in [4.69, 9.17) is 9.47 Å². The van der Waals surface area contributed by atoms with Gasteiger partial charge >= 0.3 is 0 Å². The number of rotatable bonds is 4. The molecule has 2 aromatic carbocycles. The Morgan fingerprint density at radius 1 is 1.13 bits per heavy atom. The third kappa shape index (κ3) is 3.16. The fraction of sp³-hybridized carbons (Fsp3) is 0.261. The van der Waals surface area contributed by atoms with Gasteiger partial charge < -0.3 is 14.4 Å². The Bertz CT molecular complexity index is 1130. The number of fused-ring (bicyclic) bond motifs is 2. The first-order valence-electron chi connectivity index (χ1n) is 9.77. The second kappa shape index (κ2) is 7.23. The van der Waals surface area contributed by atoms with Gasteiger partial charge in [0.05, 0.1) is 12.1 Å². The van der Waals surface area contributed by atoms with Gasteiger partial charge in [-0.2, -0.15) is 0 Å². The van der Waals surface area contributed by atoms with Crippen molar-refractivity contribution < 1.29 is 23.9 Å². The summed E-state index contributed by atoms with van der Waals surface area (Å²) < 4.78 is 11.8. The average molecular weight is 402 g/mol. The molecule has 5 rings (SSSR count). The standard InChI is InChI=1S/C23H18N2O5/c26-21-11-10-18(22(27)24-21)25-12-17-16(23(25)28)5-3-7-20(17)29-13-15-9-8-14-4-1-2-6-19(14)30-15/h1-7,15,18H,10-13H2,(H,24,26,27). The first-order valence-corrected chi connectivity index (χ1v) is 9.77. The molecule has 2 atom stereocenters. The fourth-order valence-electron chi connectivity index (χ4n) is 3.95. The number of ether oxygens (including phenoxy) is 2. The molecular formula is C23H18N2O5. The molecule has 2 unspecified atom stereocenters. The van der Waals surface area contributed by atoms with Crippen LogP contribution in [0.25, 0.3) is 0 Å². The Hall–Kier alpha value is -3.79. The number of carbonyl (C=O) groups excluding carboxylic acids is 3. The maximum atomic E-state index is 12.9. The number of nitrogens with zero attached hydrogens (tertiary/aromatic N) is 1. The lowest BCUT2D eigenvalue weighted by Gasteiger charge is -2.29. The highest BCUT2D eigenvalue weighted by molar-refractivity contribution is 6.05. The molecule has 3 heterocycles. The van der Waals surface area contributed by atoms with Crippen LogP contribution in [0.3, 0.4) is 0 Å². The number of imide groups is 1. The van der Waals surface area contributed by atoms with Crippen LogP contribution in [0.5, 0.6) is 11.5 Å². The number of carbonyl (C=O) groups is 3. The predicted molar refractivity (Wildman–Crippen MR) is 106 cm³/mol. The van der Waals surface area contributed by atoms with E-state index < -0.39 is 18.1 Å². The molecule has 1 saturated heterocycles. The van der Waals surface area contributed by atoms with Crippen LogP contribution in [0, 0.1) is 11.8 Å². The van der Waals surface area contributed by atoms with Crippen molar-refractivity contribution in [2.75, 3.05) is 6.61 Å². The van der Waals surface area contributed by atoms with Gasteiger partial charge in [-0.3, -0.25) is 19.7 Å². The zero-order valence-electron chi connectivity index (χ0n) is 16.0. The van der Waals surface area contributed by atoms with Gasteiger partial charge in [-0.15, -0.1) is 0 Å². The second-order valence-electron chi connectivity index (χ2n) is 7.37. The van der Waals surface area contributed by atoms with Gasteiger partial charge in [0.25, 0.3) is 5.91 Å². The lowest BCUT2D eigenvalue weighted by molar-refractivity contribution is -0.136. The summed E-state index contributed by atoms with van der Waals surface area (Å²) in [5.41, 5.74) is 2.09. The SMILES string of the molecule is O=C1CCC(N2Cc3c(OCC4C#Cc5ccccc5O4)cccc3C2=O)C(=O)N1. The third-order valence-electron chi connectivity index (χ3n) is 5.45. The number of hydrogen-bond donors (Lipinski definition) is 1. The first-order chi connectivity index (χ1) is 14.6. The maximum absolute atomic E-state index is 12.9. The summed E-state index contributed by atoms with van der Waals surface area (Å²) in [5, 5.41) is 2.31. The van der Waals surface area contributed by atoms with Gasteiger partial charge in [0.1, 0.15) is 24.1 Å². The Labute approximate surface area is 173 Å². The van der Waals surface area contributed by atoms with Crippen molar-refractivity contribution >= 4 is 17.7 Å². The summed E-state index contributed by atoms with van der Waals surface area (Å²) in [6, 6.07) is 12.2. The van der Waals surface area contributed by atoms with Crippen molar-refractivity contribution in [1.82, 2.24) is 10.2 Å². The van der Waals surface area contributed by atoms with Gasteiger partial charge in [0.15, 0.2) is 6.10 Å². The van der Waals surface area contributed by atoms with Crippen molar-refractivity contribution in [3.05, 3.63) is 59.2 Å². The minimum absolute atomic E-state index is 0.213. The molecule has 150 valence electrons. The highest BCUT2D eigenvalue weighted by Crippen LogP contribution is 2.33. The van der Waals surface area contributed by atoms with Crippen LogP contribution in [0.4, 0.5) is 0 Å². The summed E-state index contributed by atoms with van der Waals surface area (Å²) in [4.78, 5) is 38.0. The molecule has 0 radical (unpaired) electrons. The topological polar surface area (TPSA) is 84.9 Å². The summed E-state index contributed by atoms with van der Waals surface area (Å²) in [6.45, 7) is 0.473. The molecule has 0 saturated carbocycles. The molecule has 30 heavy (non-hydrogen) atoms. The largest absolute Gasteiger partial charge is 0.488 e. The van der Waals surface area contributed by atoms with E-state index in [1.807, 2.05) is 24.3 Å². The van der Waals surface area contributed by atoms with Gasteiger partial charge in [-0.05, 0) is 36.6 Å². The highest BCUT2D eigenvalue weighted by Gasteiger charge is 2.40. The molecule has 0 aliphatic carbocycles. The van der Waals surface area contributed by atoms with Crippen LogP contribution < -0.4 is 14.8 Å². The summed E-state index contributed by atoms with van der Waals surface area (Å²) >= 11 is 0. The smallest absolute Gasteiger partial charge is 0.255 e. The number of amides is 3. The number of hydrogen-bond acceptors (Lipinski definition) is 5. The van der Waals surface area contributed by atoms with Gasteiger partial charge in [-0.25, -0.2) is 0 Å². The normalized spacial score (nSPS) is 21.7. The molecule has 3 amide bonds. The van der Waals surface area contributed by atoms with Crippen molar-refractivity contribution in [3.63, 3.8) is 0 Å². The number of benzene rings is 2. The Morgan fingerprint density at radius 2 is 2.00 bits per heavy atom. The Morgan fingerprint density at radius 3 is 2.87 bits per heavy atom.